The number of hydrogen-bond donors (Lipinski definition) is 1. The van der Waals surface area contributed by atoms with Crippen molar-refractivity contribution in [1.29, 1.82) is 0 Å². The lowest BCUT2D eigenvalue weighted by molar-refractivity contribution is -0.171. The van der Waals surface area contributed by atoms with Gasteiger partial charge in [-0.2, -0.15) is 0 Å². The van der Waals surface area contributed by atoms with Crippen LogP contribution in [0.2, 0.25) is 0 Å². The quantitative estimate of drug-likeness (QED) is 0.305. The average Bonchev–Trinajstić information content (AvgIpc) is 3.26. The number of aliphatic hydroxyl groups excluding tert-OH is 1. The van der Waals surface area contributed by atoms with E-state index in [-0.39, 0.29) is 34.9 Å². The van der Waals surface area contributed by atoms with Crippen LogP contribution in [0.4, 0.5) is 0 Å². The molecule has 6 atom stereocenters. The summed E-state index contributed by atoms with van der Waals surface area (Å²) in [5.41, 5.74) is 1.34. The second kappa shape index (κ2) is 12.0. The molecule has 2 aliphatic carbocycles. The van der Waals surface area contributed by atoms with Crippen molar-refractivity contribution in [2.75, 3.05) is 13.7 Å². The predicted octanol–water partition coefficient (Wildman–Crippen LogP) is 7.05. The summed E-state index contributed by atoms with van der Waals surface area (Å²) < 4.78 is 12.2. The Morgan fingerprint density at radius 2 is 1.65 bits per heavy atom. The number of benzene rings is 2. The Bertz CT molecular complexity index is 1110. The standard InChI is InChI=1S/C35H51NO4/c1-24(2)30(29(32(38)40-33(3,4)5)31(37)26-17-13-10-14-18-26)36(22-25-15-11-9-12-16-25)23-35-20-19-27(34(35,6)7)21-28(35)39-8/h9-18,24,27-31,37H,19-23H2,1-8H3/t27-,28-,29+,30-,31+,35-/m1/s1. The van der Waals surface area contributed by atoms with Crippen LogP contribution in [-0.2, 0) is 20.8 Å². The number of carbonyl (C=O) groups is 1. The van der Waals surface area contributed by atoms with Crippen LogP contribution in [-0.4, -0.2) is 47.4 Å². The molecule has 0 saturated heterocycles. The fourth-order valence-corrected chi connectivity index (χ4v) is 7.89. The molecule has 0 radical (unpaired) electrons. The first-order valence-electron chi connectivity index (χ1n) is 15.1. The summed E-state index contributed by atoms with van der Waals surface area (Å²) >= 11 is 0. The molecule has 2 saturated carbocycles. The van der Waals surface area contributed by atoms with Crippen LogP contribution in [0, 0.1) is 28.6 Å². The van der Waals surface area contributed by atoms with E-state index in [2.05, 4.69) is 56.9 Å². The number of methoxy groups -OCH3 is 1. The first-order chi connectivity index (χ1) is 18.8. The third-order valence-corrected chi connectivity index (χ3v) is 9.99. The molecule has 0 heterocycles. The van der Waals surface area contributed by atoms with Crippen LogP contribution in [0.15, 0.2) is 60.7 Å². The smallest absolute Gasteiger partial charge is 0.314 e. The fourth-order valence-electron chi connectivity index (χ4n) is 7.89. The zero-order valence-corrected chi connectivity index (χ0v) is 25.9. The predicted molar refractivity (Wildman–Crippen MR) is 161 cm³/mol. The molecule has 2 aliphatic rings. The van der Waals surface area contributed by atoms with Gasteiger partial charge in [-0.25, -0.2) is 0 Å². The van der Waals surface area contributed by atoms with Crippen LogP contribution < -0.4 is 0 Å². The highest BCUT2D eigenvalue weighted by Crippen LogP contribution is 2.67. The Morgan fingerprint density at radius 3 is 2.17 bits per heavy atom. The maximum atomic E-state index is 14.1. The second-order valence-electron chi connectivity index (χ2n) is 14.1. The molecule has 2 aromatic carbocycles. The van der Waals surface area contributed by atoms with Crippen molar-refractivity contribution in [3.63, 3.8) is 0 Å². The van der Waals surface area contributed by atoms with Gasteiger partial charge in [0, 0.05) is 31.7 Å². The molecule has 220 valence electrons. The molecule has 1 N–H and O–H groups in total. The number of aliphatic hydroxyl groups is 1. The van der Waals surface area contributed by atoms with E-state index in [0.29, 0.717) is 12.5 Å². The van der Waals surface area contributed by atoms with E-state index in [0.717, 1.165) is 24.9 Å². The Morgan fingerprint density at radius 1 is 1.05 bits per heavy atom. The Hall–Kier alpha value is -2.21. The van der Waals surface area contributed by atoms with E-state index in [1.54, 1.807) is 0 Å². The lowest BCUT2D eigenvalue weighted by Crippen LogP contribution is -2.56. The summed E-state index contributed by atoms with van der Waals surface area (Å²) in [4.78, 5) is 16.6. The van der Waals surface area contributed by atoms with Gasteiger partial charge in [0.1, 0.15) is 11.5 Å². The molecule has 0 unspecified atom stereocenters. The first kappa shape index (κ1) is 30.7. The van der Waals surface area contributed by atoms with E-state index < -0.39 is 17.6 Å². The fraction of sp³-hybridized carbons (Fsp3) is 0.629. The molecule has 2 fully saturated rings. The van der Waals surface area contributed by atoms with Crippen LogP contribution in [0.5, 0.6) is 0 Å². The summed E-state index contributed by atoms with van der Waals surface area (Å²) in [6.45, 7) is 16.3. The molecule has 0 spiro atoms. The van der Waals surface area contributed by atoms with Crippen LogP contribution in [0.1, 0.15) is 85.0 Å². The van der Waals surface area contributed by atoms with Crippen molar-refractivity contribution < 1.29 is 19.4 Å². The largest absolute Gasteiger partial charge is 0.460 e. The topological polar surface area (TPSA) is 59.0 Å². The zero-order valence-electron chi connectivity index (χ0n) is 25.9. The molecule has 5 nitrogen and oxygen atoms in total. The molecule has 40 heavy (non-hydrogen) atoms. The summed E-state index contributed by atoms with van der Waals surface area (Å²) in [6.07, 6.45) is 2.58. The van der Waals surface area contributed by atoms with Gasteiger partial charge in [-0.05, 0) is 68.4 Å². The van der Waals surface area contributed by atoms with Crippen molar-refractivity contribution in [1.82, 2.24) is 4.90 Å². The minimum Gasteiger partial charge on any atom is -0.460 e. The summed E-state index contributed by atoms with van der Waals surface area (Å²) in [7, 11) is 1.85. The lowest BCUT2D eigenvalue weighted by atomic mass is 9.67. The maximum Gasteiger partial charge on any atom is 0.314 e. The molecule has 4 rings (SSSR count). The lowest BCUT2D eigenvalue weighted by Gasteiger charge is -2.49. The summed E-state index contributed by atoms with van der Waals surface area (Å²) in [5.74, 6) is -0.398. The van der Waals surface area contributed by atoms with Crippen LogP contribution in [0.3, 0.4) is 0 Å². The molecular weight excluding hydrogens is 498 g/mol. The summed E-state index contributed by atoms with van der Waals surface area (Å²) in [5, 5.41) is 11.9. The highest BCUT2D eigenvalue weighted by atomic mass is 16.6. The molecular formula is C35H51NO4. The molecule has 0 amide bonds. The van der Waals surface area contributed by atoms with Crippen molar-refractivity contribution in [2.45, 2.75) is 98.1 Å². The number of ether oxygens (including phenoxy) is 2. The summed E-state index contributed by atoms with van der Waals surface area (Å²) in [6, 6.07) is 19.8. The molecule has 2 aromatic rings. The number of hydrogen-bond acceptors (Lipinski definition) is 5. The Balaban J connectivity index is 1.82. The van der Waals surface area contributed by atoms with Crippen LogP contribution in [0.25, 0.3) is 0 Å². The number of esters is 1. The van der Waals surface area contributed by atoms with Crippen molar-refractivity contribution in [3.8, 4) is 0 Å². The molecule has 0 aliphatic heterocycles. The van der Waals surface area contributed by atoms with Gasteiger partial charge in [-0.15, -0.1) is 0 Å². The monoisotopic (exact) mass is 549 g/mol. The number of carbonyl (C=O) groups excluding carboxylic acids is 1. The van der Waals surface area contributed by atoms with E-state index in [1.165, 1.54) is 12.0 Å². The SMILES string of the molecule is CO[C@@H]1C[C@H]2CC[C@]1(CN(Cc1ccccc1)[C@H](C(C)C)[C@H](C(=O)OC(C)(C)C)[C@@H](O)c1ccccc1)C2(C)C. The van der Waals surface area contributed by atoms with Crippen LogP contribution >= 0.6 is 0 Å². The minimum atomic E-state index is -0.995. The van der Waals surface area contributed by atoms with E-state index in [9.17, 15) is 9.90 Å². The van der Waals surface area contributed by atoms with Crippen molar-refractivity contribution in [2.24, 2.45) is 28.6 Å². The van der Waals surface area contributed by atoms with Crippen molar-refractivity contribution >= 4 is 5.97 Å². The number of rotatable bonds is 11. The normalized spacial score (nSPS) is 26.2. The van der Waals surface area contributed by atoms with E-state index >= 15 is 0 Å². The third kappa shape index (κ3) is 6.03. The van der Waals surface area contributed by atoms with Gasteiger partial charge in [-0.3, -0.25) is 9.69 Å². The maximum absolute atomic E-state index is 14.1. The minimum absolute atomic E-state index is 0.0372. The van der Waals surface area contributed by atoms with E-state index in [4.69, 9.17) is 9.47 Å². The Kier molecular flexibility index (Phi) is 9.19. The highest BCUT2D eigenvalue weighted by Gasteiger charge is 2.65. The van der Waals surface area contributed by atoms with E-state index in [1.807, 2.05) is 64.3 Å². The molecule has 0 aromatic heterocycles. The van der Waals surface area contributed by atoms with Gasteiger partial charge < -0.3 is 14.6 Å². The number of fused-ring (bicyclic) bond motifs is 2. The molecule has 2 bridgehead atoms. The van der Waals surface area contributed by atoms with Gasteiger partial charge >= 0.3 is 5.97 Å². The highest BCUT2D eigenvalue weighted by molar-refractivity contribution is 5.75. The van der Waals surface area contributed by atoms with Crippen molar-refractivity contribution in [3.05, 3.63) is 71.8 Å². The zero-order chi connectivity index (χ0) is 29.3. The van der Waals surface area contributed by atoms with Gasteiger partial charge in [0.25, 0.3) is 0 Å². The number of nitrogens with zero attached hydrogens (tertiary/aromatic N) is 1. The second-order valence-corrected chi connectivity index (χ2v) is 14.1. The Labute approximate surface area is 242 Å². The molecule has 5 heteroatoms. The first-order valence-corrected chi connectivity index (χ1v) is 15.1. The third-order valence-electron chi connectivity index (χ3n) is 9.99. The van der Waals surface area contributed by atoms with Gasteiger partial charge in [0.05, 0.1) is 12.2 Å². The van der Waals surface area contributed by atoms with Gasteiger partial charge in [0.15, 0.2) is 0 Å². The average molecular weight is 550 g/mol. The van der Waals surface area contributed by atoms with Gasteiger partial charge in [-0.1, -0.05) is 88.4 Å². The van der Waals surface area contributed by atoms with Gasteiger partial charge in [0.2, 0.25) is 0 Å².